The van der Waals surface area contributed by atoms with Crippen LogP contribution < -0.4 is 10.6 Å². The normalized spacial score (nSPS) is 24.6. The summed E-state index contributed by atoms with van der Waals surface area (Å²) in [5.74, 6) is 1.64. The van der Waals surface area contributed by atoms with Gasteiger partial charge in [0.25, 0.3) is 0 Å². The number of rotatable bonds is 5. The first kappa shape index (κ1) is 18.7. The second-order valence-electron chi connectivity index (χ2n) is 7.74. The van der Waals surface area contributed by atoms with E-state index in [0.29, 0.717) is 30.7 Å². The molecular formula is C17H30N4O3. The van der Waals surface area contributed by atoms with Crippen molar-refractivity contribution in [1.29, 1.82) is 0 Å². The Balaban J connectivity index is 1.99. The highest BCUT2D eigenvalue weighted by Gasteiger charge is 2.38. The van der Waals surface area contributed by atoms with Gasteiger partial charge in [0.1, 0.15) is 5.60 Å². The van der Waals surface area contributed by atoms with Crippen LogP contribution in [0.3, 0.4) is 0 Å². The van der Waals surface area contributed by atoms with Crippen molar-refractivity contribution < 1.29 is 14.1 Å². The van der Waals surface area contributed by atoms with E-state index in [9.17, 15) is 4.79 Å². The molecule has 1 saturated carbocycles. The summed E-state index contributed by atoms with van der Waals surface area (Å²) < 4.78 is 10.4. The van der Waals surface area contributed by atoms with E-state index in [1.54, 1.807) is 6.92 Å². The molecule has 136 valence electrons. The van der Waals surface area contributed by atoms with Gasteiger partial charge in [0.05, 0.1) is 6.54 Å². The molecule has 1 aliphatic rings. The van der Waals surface area contributed by atoms with Crippen LogP contribution in [0.1, 0.15) is 65.1 Å². The fraction of sp³-hybridized carbons (Fsp3) is 0.824. The minimum absolute atomic E-state index is 0.177. The van der Waals surface area contributed by atoms with Crippen molar-refractivity contribution in [1.82, 2.24) is 20.8 Å². The van der Waals surface area contributed by atoms with E-state index in [1.165, 1.54) is 6.42 Å². The van der Waals surface area contributed by atoms with Gasteiger partial charge in [0.15, 0.2) is 5.82 Å². The molecule has 0 aliphatic heterocycles. The molecule has 1 amide bonds. The van der Waals surface area contributed by atoms with Crippen LogP contribution in [0.4, 0.5) is 4.79 Å². The topological polar surface area (TPSA) is 89.3 Å². The van der Waals surface area contributed by atoms with Crippen LogP contribution in [0.25, 0.3) is 0 Å². The third-order valence-electron chi connectivity index (χ3n) is 4.57. The van der Waals surface area contributed by atoms with Crippen LogP contribution in [0.5, 0.6) is 0 Å². The van der Waals surface area contributed by atoms with E-state index < -0.39 is 5.60 Å². The Kier molecular flexibility index (Phi) is 5.85. The van der Waals surface area contributed by atoms with E-state index in [2.05, 4.69) is 27.7 Å². The van der Waals surface area contributed by atoms with Gasteiger partial charge in [-0.1, -0.05) is 24.9 Å². The standard InChI is InChI=1S/C17H30N4O3/c1-12-8-6-7-9-17(12,11-18-15(22)23-16(3,4)5)19-10-14-20-13(2)24-21-14/h12,19H,6-11H2,1-5H3,(H,18,22)/t12-,17-/m1/s1. The zero-order valence-electron chi connectivity index (χ0n) is 15.4. The van der Waals surface area contributed by atoms with Gasteiger partial charge in [0.2, 0.25) is 5.89 Å². The monoisotopic (exact) mass is 338 g/mol. The number of carbonyl (C=O) groups excluding carboxylic acids is 1. The number of amides is 1. The summed E-state index contributed by atoms with van der Waals surface area (Å²) >= 11 is 0. The lowest BCUT2D eigenvalue weighted by Crippen LogP contribution is -2.59. The van der Waals surface area contributed by atoms with Crippen molar-refractivity contribution >= 4 is 6.09 Å². The predicted octanol–water partition coefficient (Wildman–Crippen LogP) is 2.94. The van der Waals surface area contributed by atoms with Gasteiger partial charge in [-0.25, -0.2) is 4.79 Å². The Morgan fingerprint density at radius 1 is 1.42 bits per heavy atom. The van der Waals surface area contributed by atoms with Crippen LogP contribution in [-0.4, -0.2) is 33.9 Å². The first-order valence-corrected chi connectivity index (χ1v) is 8.71. The molecule has 2 N–H and O–H groups in total. The molecule has 0 bridgehead atoms. The Bertz CT molecular complexity index is 552. The molecule has 0 spiro atoms. The molecule has 7 nitrogen and oxygen atoms in total. The summed E-state index contributed by atoms with van der Waals surface area (Å²) in [6.45, 7) is 10.6. The third-order valence-corrected chi connectivity index (χ3v) is 4.57. The van der Waals surface area contributed by atoms with Gasteiger partial charge in [-0.3, -0.25) is 0 Å². The van der Waals surface area contributed by atoms with Crippen molar-refractivity contribution in [3.05, 3.63) is 11.7 Å². The Hall–Kier alpha value is -1.63. The van der Waals surface area contributed by atoms with Gasteiger partial charge >= 0.3 is 6.09 Å². The lowest BCUT2D eigenvalue weighted by Gasteiger charge is -2.43. The lowest BCUT2D eigenvalue weighted by molar-refractivity contribution is 0.0479. The van der Waals surface area contributed by atoms with Gasteiger partial charge in [0, 0.05) is 19.0 Å². The molecule has 1 aromatic heterocycles. The third kappa shape index (κ3) is 5.19. The molecular weight excluding hydrogens is 308 g/mol. The van der Waals surface area contributed by atoms with E-state index in [4.69, 9.17) is 9.26 Å². The number of hydrogen-bond acceptors (Lipinski definition) is 6. The molecule has 0 radical (unpaired) electrons. The van der Waals surface area contributed by atoms with E-state index in [-0.39, 0.29) is 11.6 Å². The van der Waals surface area contributed by atoms with Crippen molar-refractivity contribution in [2.75, 3.05) is 6.54 Å². The maximum atomic E-state index is 12.0. The summed E-state index contributed by atoms with van der Waals surface area (Å²) in [6, 6.07) is 0. The summed E-state index contributed by atoms with van der Waals surface area (Å²) in [6.07, 6.45) is 4.11. The Morgan fingerprint density at radius 2 is 2.17 bits per heavy atom. The quantitative estimate of drug-likeness (QED) is 0.858. The fourth-order valence-electron chi connectivity index (χ4n) is 3.21. The molecule has 1 heterocycles. The maximum absolute atomic E-state index is 12.0. The molecule has 2 atom stereocenters. The molecule has 0 saturated heterocycles. The number of nitrogens with one attached hydrogen (secondary N) is 2. The van der Waals surface area contributed by atoms with Gasteiger partial charge in [-0.05, 0) is 39.5 Å². The highest BCUT2D eigenvalue weighted by atomic mass is 16.6. The minimum Gasteiger partial charge on any atom is -0.444 e. The molecule has 24 heavy (non-hydrogen) atoms. The van der Waals surface area contributed by atoms with Crippen LogP contribution >= 0.6 is 0 Å². The molecule has 1 aromatic rings. The average Bonchev–Trinajstić information content (AvgIpc) is 2.89. The van der Waals surface area contributed by atoms with E-state index in [0.717, 1.165) is 19.3 Å². The maximum Gasteiger partial charge on any atom is 0.407 e. The van der Waals surface area contributed by atoms with Crippen LogP contribution in [0.15, 0.2) is 4.52 Å². The van der Waals surface area contributed by atoms with Gasteiger partial charge in [-0.15, -0.1) is 0 Å². The Morgan fingerprint density at radius 3 is 2.75 bits per heavy atom. The molecule has 1 fully saturated rings. The predicted molar refractivity (Wildman–Crippen MR) is 90.5 cm³/mol. The zero-order chi connectivity index (χ0) is 17.8. The number of nitrogens with zero attached hydrogens (tertiary/aromatic N) is 2. The smallest absolute Gasteiger partial charge is 0.407 e. The largest absolute Gasteiger partial charge is 0.444 e. The molecule has 2 rings (SSSR count). The van der Waals surface area contributed by atoms with Gasteiger partial charge < -0.3 is 19.9 Å². The van der Waals surface area contributed by atoms with E-state index >= 15 is 0 Å². The van der Waals surface area contributed by atoms with Crippen LogP contribution in [0, 0.1) is 12.8 Å². The van der Waals surface area contributed by atoms with Crippen molar-refractivity contribution in [2.24, 2.45) is 5.92 Å². The first-order chi connectivity index (χ1) is 11.2. The highest BCUT2D eigenvalue weighted by Crippen LogP contribution is 2.33. The molecule has 0 aromatic carbocycles. The molecule has 1 aliphatic carbocycles. The second-order valence-corrected chi connectivity index (χ2v) is 7.74. The second kappa shape index (κ2) is 7.51. The van der Waals surface area contributed by atoms with Gasteiger partial charge in [-0.2, -0.15) is 4.98 Å². The van der Waals surface area contributed by atoms with Crippen LogP contribution in [0.2, 0.25) is 0 Å². The number of hydrogen-bond donors (Lipinski definition) is 2. The zero-order valence-corrected chi connectivity index (χ0v) is 15.4. The Labute approximate surface area is 143 Å². The number of aromatic nitrogens is 2. The van der Waals surface area contributed by atoms with Crippen LogP contribution in [-0.2, 0) is 11.3 Å². The molecule has 0 unspecified atom stereocenters. The van der Waals surface area contributed by atoms with Crippen molar-refractivity contribution in [3.63, 3.8) is 0 Å². The molecule has 7 heteroatoms. The van der Waals surface area contributed by atoms with Crippen molar-refractivity contribution in [3.8, 4) is 0 Å². The lowest BCUT2D eigenvalue weighted by atomic mass is 9.73. The number of carbonyl (C=O) groups is 1. The summed E-state index contributed by atoms with van der Waals surface area (Å²) in [7, 11) is 0. The summed E-state index contributed by atoms with van der Waals surface area (Å²) in [5, 5.41) is 10.5. The summed E-state index contributed by atoms with van der Waals surface area (Å²) in [5.41, 5.74) is -0.672. The number of alkyl carbamates (subject to hydrolysis) is 1. The highest BCUT2D eigenvalue weighted by molar-refractivity contribution is 5.67. The SMILES string of the molecule is Cc1nc(CN[C@@]2(CNC(=O)OC(C)(C)C)CCCC[C@H]2C)no1. The van der Waals surface area contributed by atoms with E-state index in [1.807, 2.05) is 20.8 Å². The average molecular weight is 338 g/mol. The number of aryl methyl sites for hydroxylation is 1. The fourth-order valence-corrected chi connectivity index (χ4v) is 3.21. The van der Waals surface area contributed by atoms with Crippen molar-refractivity contribution in [2.45, 2.75) is 78.0 Å². The first-order valence-electron chi connectivity index (χ1n) is 8.71. The summed E-state index contributed by atoms with van der Waals surface area (Å²) in [4.78, 5) is 16.3. The minimum atomic E-state index is -0.495. The number of ether oxygens (including phenoxy) is 1.